The van der Waals surface area contributed by atoms with Crippen LogP contribution in [0.1, 0.15) is 25.6 Å². The van der Waals surface area contributed by atoms with Crippen LogP contribution in [0.5, 0.6) is 0 Å². The average molecular weight is 215 g/mol. The van der Waals surface area contributed by atoms with E-state index >= 15 is 0 Å². The molecule has 1 N–H and O–H groups in total. The van der Waals surface area contributed by atoms with E-state index in [-0.39, 0.29) is 0 Å². The van der Waals surface area contributed by atoms with Crippen LogP contribution in [0.25, 0.3) is 0 Å². The summed E-state index contributed by atoms with van der Waals surface area (Å²) in [6, 6.07) is 0. The van der Waals surface area contributed by atoms with Crippen molar-refractivity contribution >= 4 is 11.8 Å². The van der Waals surface area contributed by atoms with Crippen LogP contribution in [0.15, 0.2) is 6.20 Å². The van der Waals surface area contributed by atoms with Crippen molar-refractivity contribution in [3.8, 4) is 0 Å². The summed E-state index contributed by atoms with van der Waals surface area (Å²) in [7, 11) is 1.79. The van der Waals surface area contributed by atoms with Gasteiger partial charge in [0.15, 0.2) is 0 Å². The number of aliphatic hydroxyl groups excluding tert-OH is 1. The molecule has 1 atom stereocenters. The second kappa shape index (κ2) is 5.36. The zero-order chi connectivity index (χ0) is 10.6. The van der Waals surface area contributed by atoms with Crippen molar-refractivity contribution in [2.24, 2.45) is 13.0 Å². The number of hydrogen-bond acceptors (Lipinski definition) is 4. The van der Waals surface area contributed by atoms with Gasteiger partial charge in [0.2, 0.25) is 0 Å². The molecule has 0 radical (unpaired) electrons. The maximum absolute atomic E-state index is 9.78. The van der Waals surface area contributed by atoms with Gasteiger partial charge in [-0.3, -0.25) is 0 Å². The molecule has 0 aromatic carbocycles. The van der Waals surface area contributed by atoms with Crippen LogP contribution in [0.2, 0.25) is 0 Å². The third-order valence-electron chi connectivity index (χ3n) is 1.82. The van der Waals surface area contributed by atoms with E-state index in [0.29, 0.717) is 11.7 Å². The van der Waals surface area contributed by atoms with Crippen molar-refractivity contribution in [3.05, 3.63) is 11.9 Å². The Bertz CT molecular complexity index is 275. The average Bonchev–Trinajstić information content (AvgIpc) is 2.50. The summed E-state index contributed by atoms with van der Waals surface area (Å²) in [5, 5.41) is 17.3. The molecule has 4 nitrogen and oxygen atoms in total. The van der Waals surface area contributed by atoms with Gasteiger partial charge in [0.1, 0.15) is 6.10 Å². The molecule has 0 saturated carbocycles. The Morgan fingerprint density at radius 3 is 2.71 bits per heavy atom. The van der Waals surface area contributed by atoms with Gasteiger partial charge in [0.25, 0.3) is 0 Å². The highest BCUT2D eigenvalue weighted by Gasteiger charge is 2.12. The van der Waals surface area contributed by atoms with E-state index in [1.165, 1.54) is 0 Å². The van der Waals surface area contributed by atoms with Crippen LogP contribution in [0, 0.1) is 5.92 Å². The zero-order valence-electron chi connectivity index (χ0n) is 8.84. The molecule has 0 spiro atoms. The van der Waals surface area contributed by atoms with Crippen molar-refractivity contribution in [2.75, 3.05) is 11.5 Å². The third kappa shape index (κ3) is 3.31. The Labute approximate surface area is 88.7 Å². The minimum atomic E-state index is -0.459. The lowest BCUT2D eigenvalue weighted by molar-refractivity contribution is 0.193. The Morgan fingerprint density at radius 2 is 2.21 bits per heavy atom. The molecule has 80 valence electrons. The Kier molecular flexibility index (Phi) is 4.41. The van der Waals surface area contributed by atoms with Gasteiger partial charge in [-0.25, -0.2) is 4.68 Å². The Hall–Kier alpha value is -0.550. The molecule has 1 aromatic rings. The predicted octanol–water partition coefficient (Wildman–Crippen LogP) is 1.24. The molecule has 1 unspecified atom stereocenters. The molecule has 0 amide bonds. The summed E-state index contributed by atoms with van der Waals surface area (Å²) in [5.74, 6) is 2.44. The van der Waals surface area contributed by atoms with Gasteiger partial charge in [-0.1, -0.05) is 19.1 Å². The van der Waals surface area contributed by atoms with Gasteiger partial charge < -0.3 is 5.11 Å². The van der Waals surface area contributed by atoms with E-state index in [2.05, 4.69) is 24.2 Å². The molecule has 5 heteroatoms. The molecular formula is C9H17N3OS. The summed E-state index contributed by atoms with van der Waals surface area (Å²) >= 11 is 1.76. The molecule has 14 heavy (non-hydrogen) atoms. The van der Waals surface area contributed by atoms with E-state index < -0.39 is 6.10 Å². The monoisotopic (exact) mass is 215 g/mol. The van der Waals surface area contributed by atoms with Crippen molar-refractivity contribution in [2.45, 2.75) is 20.0 Å². The largest absolute Gasteiger partial charge is 0.386 e. The Morgan fingerprint density at radius 1 is 1.50 bits per heavy atom. The van der Waals surface area contributed by atoms with Gasteiger partial charge >= 0.3 is 0 Å². The van der Waals surface area contributed by atoms with Crippen LogP contribution < -0.4 is 0 Å². The lowest BCUT2D eigenvalue weighted by Crippen LogP contribution is -2.08. The first-order valence-electron chi connectivity index (χ1n) is 4.71. The van der Waals surface area contributed by atoms with Crippen LogP contribution in [-0.2, 0) is 7.05 Å². The molecule has 1 aromatic heterocycles. The summed E-state index contributed by atoms with van der Waals surface area (Å²) in [4.78, 5) is 0. The minimum Gasteiger partial charge on any atom is -0.386 e. The number of rotatable bonds is 5. The van der Waals surface area contributed by atoms with Gasteiger partial charge in [0.05, 0.1) is 11.9 Å². The highest BCUT2D eigenvalue weighted by atomic mass is 32.2. The maximum Gasteiger partial charge on any atom is 0.106 e. The fourth-order valence-electron chi connectivity index (χ4n) is 1.10. The zero-order valence-corrected chi connectivity index (χ0v) is 9.66. The molecule has 0 fully saturated rings. The van der Waals surface area contributed by atoms with E-state index in [0.717, 1.165) is 11.4 Å². The van der Waals surface area contributed by atoms with E-state index in [4.69, 9.17) is 0 Å². The first kappa shape index (κ1) is 11.5. The number of nitrogens with zero attached hydrogens (tertiary/aromatic N) is 3. The first-order valence-corrected chi connectivity index (χ1v) is 5.87. The van der Waals surface area contributed by atoms with Gasteiger partial charge in [-0.2, -0.15) is 11.8 Å². The first-order chi connectivity index (χ1) is 6.61. The van der Waals surface area contributed by atoms with Gasteiger partial charge in [-0.15, -0.1) is 5.10 Å². The van der Waals surface area contributed by atoms with Crippen LogP contribution in [-0.4, -0.2) is 31.6 Å². The lowest BCUT2D eigenvalue weighted by Gasteiger charge is -2.10. The summed E-state index contributed by atoms with van der Waals surface area (Å²) in [6.45, 7) is 4.34. The highest BCUT2D eigenvalue weighted by molar-refractivity contribution is 7.99. The predicted molar refractivity (Wildman–Crippen MR) is 58.1 cm³/mol. The second-order valence-electron chi connectivity index (χ2n) is 3.73. The SMILES string of the molecule is CC(C)CSCC(O)c1cnnn1C. The second-order valence-corrected chi connectivity index (χ2v) is 4.80. The van der Waals surface area contributed by atoms with Crippen molar-refractivity contribution in [1.82, 2.24) is 15.0 Å². The topological polar surface area (TPSA) is 50.9 Å². The lowest BCUT2D eigenvalue weighted by atomic mass is 10.3. The van der Waals surface area contributed by atoms with Gasteiger partial charge in [-0.05, 0) is 11.7 Å². The number of thioether (sulfide) groups is 1. The number of aliphatic hydroxyl groups is 1. The smallest absolute Gasteiger partial charge is 0.106 e. The Balaban J connectivity index is 2.36. The van der Waals surface area contributed by atoms with Gasteiger partial charge in [0, 0.05) is 12.8 Å². The van der Waals surface area contributed by atoms with E-state index in [9.17, 15) is 5.11 Å². The maximum atomic E-state index is 9.78. The molecule has 0 aliphatic carbocycles. The van der Waals surface area contributed by atoms with Crippen LogP contribution >= 0.6 is 11.8 Å². The highest BCUT2D eigenvalue weighted by Crippen LogP contribution is 2.18. The third-order valence-corrected chi connectivity index (χ3v) is 3.27. The van der Waals surface area contributed by atoms with Crippen molar-refractivity contribution in [3.63, 3.8) is 0 Å². The standard InChI is InChI=1S/C9H17N3OS/c1-7(2)5-14-6-9(13)8-4-10-11-12(8)3/h4,7,9,13H,5-6H2,1-3H3. The molecule has 0 aliphatic rings. The summed E-state index contributed by atoms with van der Waals surface area (Å²) in [6.07, 6.45) is 1.15. The minimum absolute atomic E-state index is 0.459. The van der Waals surface area contributed by atoms with Crippen LogP contribution in [0.4, 0.5) is 0 Å². The molecule has 1 heterocycles. The number of hydrogen-bond donors (Lipinski definition) is 1. The van der Waals surface area contributed by atoms with Crippen LogP contribution in [0.3, 0.4) is 0 Å². The molecule has 0 saturated heterocycles. The van der Waals surface area contributed by atoms with E-state index in [1.807, 2.05) is 0 Å². The van der Waals surface area contributed by atoms with E-state index in [1.54, 1.807) is 29.7 Å². The molecule has 1 rings (SSSR count). The quantitative estimate of drug-likeness (QED) is 0.803. The van der Waals surface area contributed by atoms with Crippen molar-refractivity contribution < 1.29 is 5.11 Å². The number of aromatic nitrogens is 3. The summed E-state index contributed by atoms with van der Waals surface area (Å²) < 4.78 is 1.61. The molecule has 0 aliphatic heterocycles. The fraction of sp³-hybridized carbons (Fsp3) is 0.778. The fourth-order valence-corrected chi connectivity index (χ4v) is 2.10. The molecular weight excluding hydrogens is 198 g/mol. The van der Waals surface area contributed by atoms with Crippen molar-refractivity contribution in [1.29, 1.82) is 0 Å². The number of aryl methyl sites for hydroxylation is 1. The molecule has 0 bridgehead atoms. The summed E-state index contributed by atoms with van der Waals surface area (Å²) in [5.41, 5.74) is 0.779. The normalized spacial score (nSPS) is 13.5.